The lowest BCUT2D eigenvalue weighted by atomic mass is 10.2. The fourth-order valence-corrected chi connectivity index (χ4v) is 1.51. The van der Waals surface area contributed by atoms with Crippen LogP contribution in [-0.2, 0) is 4.74 Å². The number of likely N-dealkylation sites (N-methyl/N-ethyl adjacent to an activating group) is 1. The molecule has 0 spiro atoms. The van der Waals surface area contributed by atoms with Crippen LogP contribution in [0.2, 0.25) is 0 Å². The van der Waals surface area contributed by atoms with Gasteiger partial charge < -0.3 is 14.8 Å². The minimum atomic E-state index is -0.340. The largest absolute Gasteiger partial charge is 0.484 e. The summed E-state index contributed by atoms with van der Waals surface area (Å²) in [4.78, 5) is 0. The van der Waals surface area contributed by atoms with E-state index in [0.717, 1.165) is 12.1 Å². The van der Waals surface area contributed by atoms with E-state index in [4.69, 9.17) is 9.47 Å². The van der Waals surface area contributed by atoms with E-state index in [1.807, 2.05) is 13.8 Å². The molecule has 1 unspecified atom stereocenters. The lowest BCUT2D eigenvalue weighted by Crippen LogP contribution is -2.35. The van der Waals surface area contributed by atoms with E-state index in [1.165, 1.54) is 6.07 Å². The zero-order chi connectivity index (χ0) is 12.7. The van der Waals surface area contributed by atoms with Crippen LogP contribution in [0.25, 0.3) is 0 Å². The Morgan fingerprint density at radius 2 is 2.18 bits per heavy atom. The predicted octanol–water partition coefficient (Wildman–Crippen LogP) is 2.14. The number of nitrogens with one attached hydrogen (secondary N) is 1. The molecule has 0 heterocycles. The van der Waals surface area contributed by atoms with Gasteiger partial charge in [0.05, 0.1) is 6.61 Å². The molecule has 0 fully saturated rings. The molecule has 1 aromatic carbocycles. The molecule has 96 valence electrons. The molecule has 0 aliphatic heterocycles. The second-order valence-electron chi connectivity index (χ2n) is 3.94. The van der Waals surface area contributed by atoms with Crippen LogP contribution in [0.3, 0.4) is 0 Å². The second kappa shape index (κ2) is 7.25. The molecule has 1 rings (SSSR count). The van der Waals surface area contributed by atoms with Gasteiger partial charge in [-0.15, -0.1) is 0 Å². The van der Waals surface area contributed by atoms with Crippen LogP contribution in [0.15, 0.2) is 18.2 Å². The van der Waals surface area contributed by atoms with Crippen LogP contribution in [0.4, 0.5) is 4.39 Å². The zero-order valence-corrected chi connectivity index (χ0v) is 10.6. The maximum Gasteiger partial charge on any atom is 0.165 e. The highest BCUT2D eigenvalue weighted by Gasteiger charge is 2.12. The van der Waals surface area contributed by atoms with Gasteiger partial charge in [-0.2, -0.15) is 0 Å². The first-order chi connectivity index (χ1) is 8.17. The Balaban J connectivity index is 2.67. The van der Waals surface area contributed by atoms with Gasteiger partial charge in [-0.05, 0) is 31.2 Å². The number of ether oxygens (including phenoxy) is 2. The van der Waals surface area contributed by atoms with Crippen molar-refractivity contribution >= 4 is 0 Å². The van der Waals surface area contributed by atoms with Gasteiger partial charge in [-0.25, -0.2) is 4.39 Å². The summed E-state index contributed by atoms with van der Waals surface area (Å²) >= 11 is 0. The standard InChI is InChI=1S/C13H20FNO2/c1-4-15-8-11(9-16-3)17-13-7-10(2)5-6-12(13)14/h5-7,11,15H,4,8-9H2,1-3H3. The van der Waals surface area contributed by atoms with E-state index in [-0.39, 0.29) is 17.7 Å². The van der Waals surface area contributed by atoms with Gasteiger partial charge in [0, 0.05) is 13.7 Å². The number of rotatable bonds is 7. The van der Waals surface area contributed by atoms with Crippen molar-refractivity contribution in [1.29, 1.82) is 0 Å². The van der Waals surface area contributed by atoms with Gasteiger partial charge in [0.1, 0.15) is 6.10 Å². The highest BCUT2D eigenvalue weighted by atomic mass is 19.1. The molecular formula is C13H20FNO2. The topological polar surface area (TPSA) is 30.5 Å². The van der Waals surface area contributed by atoms with Crippen LogP contribution in [0.5, 0.6) is 5.75 Å². The van der Waals surface area contributed by atoms with Crippen molar-refractivity contribution in [1.82, 2.24) is 5.32 Å². The van der Waals surface area contributed by atoms with Gasteiger partial charge >= 0.3 is 0 Å². The van der Waals surface area contributed by atoms with Crippen molar-refractivity contribution in [3.63, 3.8) is 0 Å². The van der Waals surface area contributed by atoms with Gasteiger partial charge in [-0.1, -0.05) is 13.0 Å². The molecule has 0 aliphatic rings. The number of halogens is 1. The molecule has 0 bridgehead atoms. The Bertz CT molecular complexity index is 344. The fourth-order valence-electron chi connectivity index (χ4n) is 1.51. The summed E-state index contributed by atoms with van der Waals surface area (Å²) in [5, 5.41) is 3.16. The molecule has 1 aromatic rings. The van der Waals surface area contributed by atoms with Crippen molar-refractivity contribution in [3.8, 4) is 5.75 Å². The van der Waals surface area contributed by atoms with Crippen LogP contribution < -0.4 is 10.1 Å². The third kappa shape index (κ3) is 4.71. The van der Waals surface area contributed by atoms with E-state index in [2.05, 4.69) is 5.32 Å². The van der Waals surface area contributed by atoms with E-state index >= 15 is 0 Å². The molecule has 0 radical (unpaired) electrons. The van der Waals surface area contributed by atoms with Gasteiger partial charge in [0.25, 0.3) is 0 Å². The number of aryl methyl sites for hydroxylation is 1. The number of methoxy groups -OCH3 is 1. The highest BCUT2D eigenvalue weighted by Crippen LogP contribution is 2.19. The smallest absolute Gasteiger partial charge is 0.165 e. The third-order valence-electron chi connectivity index (χ3n) is 2.35. The summed E-state index contributed by atoms with van der Waals surface area (Å²) in [6.07, 6.45) is -0.184. The molecule has 1 atom stereocenters. The molecule has 0 aromatic heterocycles. The average molecular weight is 241 g/mol. The molecular weight excluding hydrogens is 221 g/mol. The summed E-state index contributed by atoms with van der Waals surface area (Å²) in [7, 11) is 1.61. The van der Waals surface area contributed by atoms with Gasteiger partial charge in [0.2, 0.25) is 0 Å². The molecule has 1 N–H and O–H groups in total. The van der Waals surface area contributed by atoms with E-state index in [1.54, 1.807) is 19.2 Å². The Kier molecular flexibility index (Phi) is 5.94. The maximum atomic E-state index is 13.5. The van der Waals surface area contributed by atoms with Crippen LogP contribution in [0.1, 0.15) is 12.5 Å². The average Bonchev–Trinajstić information content (AvgIpc) is 2.31. The maximum absolute atomic E-state index is 13.5. The van der Waals surface area contributed by atoms with Crippen LogP contribution in [0, 0.1) is 12.7 Å². The minimum Gasteiger partial charge on any atom is -0.484 e. The number of hydrogen-bond acceptors (Lipinski definition) is 3. The van der Waals surface area contributed by atoms with Crippen LogP contribution >= 0.6 is 0 Å². The fraction of sp³-hybridized carbons (Fsp3) is 0.538. The monoisotopic (exact) mass is 241 g/mol. The van der Waals surface area contributed by atoms with Gasteiger partial charge in [-0.3, -0.25) is 0 Å². The quantitative estimate of drug-likeness (QED) is 0.793. The second-order valence-corrected chi connectivity index (χ2v) is 3.94. The summed E-state index contributed by atoms with van der Waals surface area (Å²) in [5.74, 6) is -0.0573. The molecule has 0 amide bonds. The lowest BCUT2D eigenvalue weighted by molar-refractivity contribution is 0.0782. The Morgan fingerprint density at radius 3 is 2.82 bits per heavy atom. The number of benzene rings is 1. The summed E-state index contributed by atoms with van der Waals surface area (Å²) < 4.78 is 24.2. The Morgan fingerprint density at radius 1 is 1.41 bits per heavy atom. The van der Waals surface area contributed by atoms with Crippen LogP contribution in [-0.4, -0.2) is 32.9 Å². The lowest BCUT2D eigenvalue weighted by Gasteiger charge is -2.19. The van der Waals surface area contributed by atoms with E-state index in [0.29, 0.717) is 13.2 Å². The van der Waals surface area contributed by atoms with Gasteiger partial charge in [0.15, 0.2) is 11.6 Å². The molecule has 0 saturated heterocycles. The van der Waals surface area contributed by atoms with Crippen molar-refractivity contribution < 1.29 is 13.9 Å². The van der Waals surface area contributed by atoms with E-state index in [9.17, 15) is 4.39 Å². The molecule has 17 heavy (non-hydrogen) atoms. The molecule has 0 aliphatic carbocycles. The summed E-state index contributed by atoms with van der Waals surface area (Å²) in [6.45, 7) is 5.83. The number of hydrogen-bond donors (Lipinski definition) is 1. The minimum absolute atomic E-state index is 0.184. The third-order valence-corrected chi connectivity index (χ3v) is 2.35. The molecule has 4 heteroatoms. The first-order valence-corrected chi connectivity index (χ1v) is 5.79. The Hall–Kier alpha value is -1.13. The van der Waals surface area contributed by atoms with Crippen molar-refractivity contribution in [2.24, 2.45) is 0 Å². The van der Waals surface area contributed by atoms with E-state index < -0.39 is 0 Å². The first-order valence-electron chi connectivity index (χ1n) is 5.79. The normalized spacial score (nSPS) is 12.5. The van der Waals surface area contributed by atoms with Crippen molar-refractivity contribution in [3.05, 3.63) is 29.6 Å². The molecule has 0 saturated carbocycles. The zero-order valence-electron chi connectivity index (χ0n) is 10.6. The highest BCUT2D eigenvalue weighted by molar-refractivity contribution is 5.29. The van der Waals surface area contributed by atoms with Crippen molar-refractivity contribution in [2.75, 3.05) is 26.8 Å². The van der Waals surface area contributed by atoms with Crippen molar-refractivity contribution in [2.45, 2.75) is 20.0 Å². The first kappa shape index (κ1) is 13.9. The SMILES string of the molecule is CCNCC(COC)Oc1cc(C)ccc1F. The summed E-state index contributed by atoms with van der Waals surface area (Å²) in [6, 6.07) is 4.84. The molecule has 3 nitrogen and oxygen atoms in total. The Labute approximate surface area is 102 Å². The predicted molar refractivity (Wildman–Crippen MR) is 66.0 cm³/mol. The summed E-state index contributed by atoms with van der Waals surface area (Å²) in [5.41, 5.74) is 0.973.